The van der Waals surface area contributed by atoms with Gasteiger partial charge in [-0.15, -0.1) is 0 Å². The van der Waals surface area contributed by atoms with Crippen LogP contribution in [-0.2, 0) is 16.0 Å². The van der Waals surface area contributed by atoms with Gasteiger partial charge in [-0.25, -0.2) is 0 Å². The van der Waals surface area contributed by atoms with Gasteiger partial charge in [-0.1, -0.05) is 0 Å². The highest BCUT2D eigenvalue weighted by molar-refractivity contribution is 5.76. The molecule has 1 aromatic carbocycles. The van der Waals surface area contributed by atoms with Crippen LogP contribution in [0.3, 0.4) is 0 Å². The number of hydrogen-bond acceptors (Lipinski definition) is 5. The molecule has 6 heteroatoms. The molecule has 0 saturated heterocycles. The van der Waals surface area contributed by atoms with Gasteiger partial charge in [-0.2, -0.15) is 0 Å². The topological polar surface area (TPSA) is 68.2 Å². The molecule has 0 radical (unpaired) electrons. The smallest absolute Gasteiger partial charge is 0.222 e. The Balaban J connectivity index is 2.59. The number of benzene rings is 1. The third-order valence-corrected chi connectivity index (χ3v) is 3.37. The zero-order valence-electron chi connectivity index (χ0n) is 13.7. The van der Waals surface area contributed by atoms with E-state index in [0.717, 1.165) is 17.1 Å². The zero-order valence-corrected chi connectivity index (χ0v) is 13.7. The highest BCUT2D eigenvalue weighted by atomic mass is 16.5. The predicted octanol–water partition coefficient (Wildman–Crippen LogP) is 1.10. The number of aryl methyl sites for hydroxylation is 1. The number of ether oxygens (including phenoxy) is 3. The fraction of sp³-hybridized carbons (Fsp3) is 0.562. The maximum atomic E-state index is 12.1. The van der Waals surface area contributed by atoms with Gasteiger partial charge in [-0.3, -0.25) is 4.79 Å². The molecule has 1 atom stereocenters. The summed E-state index contributed by atoms with van der Waals surface area (Å²) in [6, 6.07) is 5.51. The lowest BCUT2D eigenvalue weighted by atomic mass is 10.1. The summed E-state index contributed by atoms with van der Waals surface area (Å²) < 4.78 is 15.3. The van der Waals surface area contributed by atoms with Gasteiger partial charge >= 0.3 is 0 Å². The summed E-state index contributed by atoms with van der Waals surface area (Å²) in [5, 5.41) is 9.65. The predicted molar refractivity (Wildman–Crippen MR) is 83.4 cm³/mol. The lowest BCUT2D eigenvalue weighted by Gasteiger charge is -2.20. The van der Waals surface area contributed by atoms with Crippen LogP contribution in [-0.4, -0.2) is 63.5 Å². The van der Waals surface area contributed by atoms with Crippen molar-refractivity contribution in [3.63, 3.8) is 0 Å². The van der Waals surface area contributed by atoms with Crippen LogP contribution in [0.15, 0.2) is 18.2 Å². The lowest BCUT2D eigenvalue weighted by molar-refractivity contribution is -0.131. The van der Waals surface area contributed by atoms with Crippen molar-refractivity contribution in [2.75, 3.05) is 41.5 Å². The van der Waals surface area contributed by atoms with E-state index in [1.54, 1.807) is 21.3 Å². The maximum Gasteiger partial charge on any atom is 0.222 e. The molecular weight excluding hydrogens is 286 g/mol. The first-order chi connectivity index (χ1) is 10.5. The number of aliphatic hydroxyl groups excluding tert-OH is 1. The molecule has 6 nitrogen and oxygen atoms in total. The quantitative estimate of drug-likeness (QED) is 0.740. The molecule has 22 heavy (non-hydrogen) atoms. The summed E-state index contributed by atoms with van der Waals surface area (Å²) in [6.07, 6.45) is 0.203. The second-order valence-electron chi connectivity index (χ2n) is 5.06. The highest BCUT2D eigenvalue weighted by Crippen LogP contribution is 2.25. The molecule has 0 aliphatic rings. The standard InChI is InChI=1S/C16H25NO5/c1-17(10-13(18)11-20-2)16(19)8-5-12-9-14(21-3)6-7-15(12)22-4/h6-7,9,13,18H,5,8,10-11H2,1-4H3. The molecule has 1 N–H and O–H groups in total. The van der Waals surface area contributed by atoms with Crippen LogP contribution in [0.4, 0.5) is 0 Å². The van der Waals surface area contributed by atoms with Crippen molar-refractivity contribution in [1.29, 1.82) is 0 Å². The molecule has 0 saturated carbocycles. The number of hydrogen-bond donors (Lipinski definition) is 1. The normalized spacial score (nSPS) is 11.9. The Morgan fingerprint density at radius 1 is 1.27 bits per heavy atom. The Morgan fingerprint density at radius 3 is 2.59 bits per heavy atom. The van der Waals surface area contributed by atoms with Crippen LogP contribution in [0.1, 0.15) is 12.0 Å². The average molecular weight is 311 g/mol. The first-order valence-electron chi connectivity index (χ1n) is 7.13. The molecular formula is C16H25NO5. The van der Waals surface area contributed by atoms with E-state index >= 15 is 0 Å². The zero-order chi connectivity index (χ0) is 16.5. The van der Waals surface area contributed by atoms with E-state index in [1.165, 1.54) is 12.0 Å². The number of aliphatic hydroxyl groups is 1. The minimum absolute atomic E-state index is 0.0416. The Morgan fingerprint density at radius 2 is 2.00 bits per heavy atom. The van der Waals surface area contributed by atoms with Crippen molar-refractivity contribution in [3.8, 4) is 11.5 Å². The van der Waals surface area contributed by atoms with Crippen molar-refractivity contribution in [3.05, 3.63) is 23.8 Å². The van der Waals surface area contributed by atoms with E-state index in [9.17, 15) is 9.90 Å². The maximum absolute atomic E-state index is 12.1. The Hall–Kier alpha value is -1.79. The highest BCUT2D eigenvalue weighted by Gasteiger charge is 2.15. The third kappa shape index (κ3) is 5.54. The van der Waals surface area contributed by atoms with Gasteiger partial charge in [0.15, 0.2) is 0 Å². The van der Waals surface area contributed by atoms with Gasteiger partial charge in [0.05, 0.1) is 26.9 Å². The van der Waals surface area contributed by atoms with Gasteiger partial charge in [-0.05, 0) is 30.2 Å². The van der Waals surface area contributed by atoms with E-state index in [0.29, 0.717) is 12.8 Å². The van der Waals surface area contributed by atoms with E-state index in [1.807, 2.05) is 18.2 Å². The average Bonchev–Trinajstić information content (AvgIpc) is 2.52. The Kier molecular flexibility index (Phi) is 7.70. The summed E-state index contributed by atoms with van der Waals surface area (Å²) in [6.45, 7) is 0.462. The minimum atomic E-state index is -0.676. The fourth-order valence-corrected chi connectivity index (χ4v) is 2.17. The van der Waals surface area contributed by atoms with Crippen molar-refractivity contribution in [1.82, 2.24) is 4.90 Å². The molecule has 1 aromatic rings. The summed E-state index contributed by atoms with van der Waals surface area (Å²) in [5.74, 6) is 1.42. The van der Waals surface area contributed by atoms with E-state index in [-0.39, 0.29) is 19.1 Å². The molecule has 0 fully saturated rings. The van der Waals surface area contributed by atoms with Gasteiger partial charge < -0.3 is 24.2 Å². The molecule has 0 heterocycles. The van der Waals surface area contributed by atoms with Gasteiger partial charge in [0, 0.05) is 27.1 Å². The largest absolute Gasteiger partial charge is 0.497 e. The molecule has 0 aromatic heterocycles. The molecule has 124 valence electrons. The molecule has 1 rings (SSSR count). The van der Waals surface area contributed by atoms with Gasteiger partial charge in [0.2, 0.25) is 5.91 Å². The van der Waals surface area contributed by atoms with Crippen molar-refractivity contribution in [2.45, 2.75) is 18.9 Å². The van der Waals surface area contributed by atoms with Crippen molar-refractivity contribution < 1.29 is 24.1 Å². The summed E-state index contributed by atoms with van der Waals surface area (Å²) in [5.41, 5.74) is 0.918. The molecule has 1 unspecified atom stereocenters. The van der Waals surface area contributed by atoms with Gasteiger partial charge in [0.1, 0.15) is 11.5 Å². The summed E-state index contributed by atoms with van der Waals surface area (Å²) >= 11 is 0. The lowest BCUT2D eigenvalue weighted by Crippen LogP contribution is -2.36. The minimum Gasteiger partial charge on any atom is -0.497 e. The third-order valence-electron chi connectivity index (χ3n) is 3.37. The number of carbonyl (C=O) groups excluding carboxylic acids is 1. The molecule has 0 aliphatic carbocycles. The number of amides is 1. The monoisotopic (exact) mass is 311 g/mol. The molecule has 0 aliphatic heterocycles. The first-order valence-corrected chi connectivity index (χ1v) is 7.13. The number of likely N-dealkylation sites (N-methyl/N-ethyl adjacent to an activating group) is 1. The molecule has 0 spiro atoms. The first kappa shape index (κ1) is 18.3. The second kappa shape index (κ2) is 9.27. The number of methoxy groups -OCH3 is 3. The van der Waals surface area contributed by atoms with Crippen LogP contribution in [0, 0.1) is 0 Å². The van der Waals surface area contributed by atoms with Gasteiger partial charge in [0.25, 0.3) is 0 Å². The van der Waals surface area contributed by atoms with Crippen LogP contribution in [0.5, 0.6) is 11.5 Å². The Bertz CT molecular complexity index is 478. The van der Waals surface area contributed by atoms with Crippen molar-refractivity contribution in [2.24, 2.45) is 0 Å². The van der Waals surface area contributed by atoms with Crippen LogP contribution >= 0.6 is 0 Å². The fourth-order valence-electron chi connectivity index (χ4n) is 2.17. The summed E-state index contributed by atoms with van der Waals surface area (Å²) in [4.78, 5) is 13.6. The second-order valence-corrected chi connectivity index (χ2v) is 5.06. The number of carbonyl (C=O) groups is 1. The van der Waals surface area contributed by atoms with Crippen LogP contribution in [0.25, 0.3) is 0 Å². The van der Waals surface area contributed by atoms with E-state index < -0.39 is 6.10 Å². The van der Waals surface area contributed by atoms with Crippen LogP contribution in [0.2, 0.25) is 0 Å². The van der Waals surface area contributed by atoms with Crippen LogP contribution < -0.4 is 9.47 Å². The van der Waals surface area contributed by atoms with Crippen molar-refractivity contribution >= 4 is 5.91 Å². The van der Waals surface area contributed by atoms with E-state index in [4.69, 9.17) is 14.2 Å². The molecule has 0 bridgehead atoms. The Labute approximate surface area is 131 Å². The number of rotatable bonds is 9. The number of nitrogens with zero attached hydrogens (tertiary/aromatic N) is 1. The molecule has 1 amide bonds. The van der Waals surface area contributed by atoms with E-state index in [2.05, 4.69) is 0 Å². The summed E-state index contributed by atoms with van der Waals surface area (Å²) in [7, 11) is 6.38. The SMILES string of the molecule is COCC(O)CN(C)C(=O)CCc1cc(OC)ccc1OC.